The quantitative estimate of drug-likeness (QED) is 0.848. The predicted molar refractivity (Wildman–Crippen MR) is 81.3 cm³/mol. The van der Waals surface area contributed by atoms with Crippen molar-refractivity contribution >= 4 is 15.9 Å². The molecule has 3 rings (SSSR count). The first-order chi connectivity index (χ1) is 9.33. The van der Waals surface area contributed by atoms with Crippen molar-refractivity contribution in [3.63, 3.8) is 0 Å². The number of aromatic amines is 1. The second kappa shape index (κ2) is 6.85. The molecule has 0 amide bonds. The number of hydrogen-bond donors (Lipinski definition) is 1. The molecule has 4 heteroatoms. The van der Waals surface area contributed by atoms with Crippen LogP contribution in [0, 0.1) is 0 Å². The van der Waals surface area contributed by atoms with Gasteiger partial charge in [0.1, 0.15) is 4.60 Å². The zero-order chi connectivity index (χ0) is 13.7. The Bertz CT molecular complexity index is 518. The minimum Gasteiger partial charge on any atom is -0.282 e. The Morgan fingerprint density at radius 1 is 1.37 bits per heavy atom. The van der Waals surface area contributed by atoms with Crippen LogP contribution in [-0.4, -0.2) is 15.2 Å². The number of nitrogens with zero attached hydrogens (tertiary/aromatic N) is 2. The summed E-state index contributed by atoms with van der Waals surface area (Å²) in [6.45, 7) is 4.00. The number of nitrogens with one attached hydrogen (secondary N) is 1. The van der Waals surface area contributed by atoms with Gasteiger partial charge in [0, 0.05) is 24.2 Å². The summed E-state index contributed by atoms with van der Waals surface area (Å²) in [5, 5.41) is 7.54. The zero-order valence-corrected chi connectivity index (χ0v) is 13.1. The van der Waals surface area contributed by atoms with Crippen molar-refractivity contribution in [2.24, 2.45) is 0 Å². The van der Waals surface area contributed by atoms with E-state index in [9.17, 15) is 0 Å². The van der Waals surface area contributed by atoms with Crippen molar-refractivity contribution in [1.82, 2.24) is 15.2 Å². The SMILES string of the molecule is Brc1ncccc1Cc1cc(C2CCC2)n[nH]1.CC. The summed E-state index contributed by atoms with van der Waals surface area (Å²) in [6, 6.07) is 6.24. The normalized spacial score (nSPS) is 14.5. The van der Waals surface area contributed by atoms with Crippen LogP contribution in [0.3, 0.4) is 0 Å². The Labute approximate surface area is 123 Å². The number of aromatic nitrogens is 3. The van der Waals surface area contributed by atoms with Crippen LogP contribution in [0.4, 0.5) is 0 Å². The average Bonchev–Trinajstić information content (AvgIpc) is 2.81. The highest BCUT2D eigenvalue weighted by molar-refractivity contribution is 9.10. The van der Waals surface area contributed by atoms with E-state index in [1.165, 1.54) is 36.2 Å². The largest absolute Gasteiger partial charge is 0.282 e. The Hall–Kier alpha value is -1.16. The highest BCUT2D eigenvalue weighted by Gasteiger charge is 2.22. The lowest BCUT2D eigenvalue weighted by Gasteiger charge is -2.22. The molecule has 0 radical (unpaired) electrons. The lowest BCUT2D eigenvalue weighted by atomic mass is 9.83. The Kier molecular flexibility index (Phi) is 5.14. The molecule has 1 aliphatic rings. The summed E-state index contributed by atoms with van der Waals surface area (Å²) >= 11 is 3.47. The van der Waals surface area contributed by atoms with Gasteiger partial charge in [0.2, 0.25) is 0 Å². The molecule has 1 aliphatic carbocycles. The average molecular weight is 322 g/mol. The van der Waals surface area contributed by atoms with Crippen LogP contribution in [0.15, 0.2) is 29.0 Å². The highest BCUT2D eigenvalue weighted by atomic mass is 79.9. The Morgan fingerprint density at radius 3 is 2.79 bits per heavy atom. The van der Waals surface area contributed by atoms with Crippen LogP contribution in [0.2, 0.25) is 0 Å². The molecule has 1 N–H and O–H groups in total. The van der Waals surface area contributed by atoms with Crippen LogP contribution >= 0.6 is 15.9 Å². The van der Waals surface area contributed by atoms with Gasteiger partial charge in [0.25, 0.3) is 0 Å². The van der Waals surface area contributed by atoms with Crippen molar-refractivity contribution in [3.05, 3.63) is 46.0 Å². The van der Waals surface area contributed by atoms with E-state index in [4.69, 9.17) is 0 Å². The maximum absolute atomic E-state index is 4.40. The van der Waals surface area contributed by atoms with Gasteiger partial charge in [0.05, 0.1) is 5.69 Å². The van der Waals surface area contributed by atoms with Crippen molar-refractivity contribution in [3.8, 4) is 0 Å². The molecule has 0 aromatic carbocycles. The molecule has 0 unspecified atom stereocenters. The molecule has 2 aromatic rings. The van der Waals surface area contributed by atoms with Gasteiger partial charge < -0.3 is 0 Å². The summed E-state index contributed by atoms with van der Waals surface area (Å²) < 4.78 is 0.916. The van der Waals surface area contributed by atoms with Crippen molar-refractivity contribution in [2.45, 2.75) is 45.4 Å². The summed E-state index contributed by atoms with van der Waals surface area (Å²) in [7, 11) is 0. The summed E-state index contributed by atoms with van der Waals surface area (Å²) in [4.78, 5) is 4.23. The van der Waals surface area contributed by atoms with Gasteiger partial charge >= 0.3 is 0 Å². The van der Waals surface area contributed by atoms with E-state index in [-0.39, 0.29) is 0 Å². The molecule has 19 heavy (non-hydrogen) atoms. The second-order valence-electron chi connectivity index (χ2n) is 4.58. The van der Waals surface area contributed by atoms with Gasteiger partial charge in [-0.2, -0.15) is 5.10 Å². The first kappa shape index (κ1) is 14.3. The lowest BCUT2D eigenvalue weighted by molar-refractivity contribution is 0.410. The second-order valence-corrected chi connectivity index (χ2v) is 5.33. The summed E-state index contributed by atoms with van der Waals surface area (Å²) in [5.74, 6) is 0.692. The fraction of sp³-hybridized carbons (Fsp3) is 0.467. The number of rotatable bonds is 3. The van der Waals surface area contributed by atoms with Crippen molar-refractivity contribution < 1.29 is 0 Å². The minimum atomic E-state index is 0.692. The van der Waals surface area contributed by atoms with Gasteiger partial charge in [-0.05, 0) is 46.5 Å². The van der Waals surface area contributed by atoms with Crippen LogP contribution in [0.25, 0.3) is 0 Å². The van der Waals surface area contributed by atoms with E-state index in [1.807, 2.05) is 19.9 Å². The van der Waals surface area contributed by atoms with Gasteiger partial charge in [-0.3, -0.25) is 5.10 Å². The molecule has 0 saturated heterocycles. The standard InChI is InChI=1S/C13H14BrN3.C2H6/c14-13-10(5-2-6-15-13)7-11-8-12(17-16-11)9-3-1-4-9;1-2/h2,5-6,8-9H,1,3-4,7H2,(H,16,17);1-2H3. The summed E-state index contributed by atoms with van der Waals surface area (Å²) in [6.07, 6.45) is 6.58. The molecule has 102 valence electrons. The number of hydrogen-bond acceptors (Lipinski definition) is 2. The maximum atomic E-state index is 4.40. The Balaban J connectivity index is 0.000000637. The van der Waals surface area contributed by atoms with E-state index >= 15 is 0 Å². The fourth-order valence-corrected chi connectivity index (χ4v) is 2.53. The third-order valence-corrected chi connectivity index (χ3v) is 4.11. The molecule has 2 heterocycles. The molecule has 0 aliphatic heterocycles. The van der Waals surface area contributed by atoms with E-state index in [2.05, 4.69) is 43.2 Å². The molecule has 2 aromatic heterocycles. The first-order valence-electron chi connectivity index (χ1n) is 6.96. The topological polar surface area (TPSA) is 41.6 Å². The van der Waals surface area contributed by atoms with Gasteiger partial charge in [-0.25, -0.2) is 4.98 Å². The van der Waals surface area contributed by atoms with Crippen molar-refractivity contribution in [2.75, 3.05) is 0 Å². The molecule has 0 atom stereocenters. The van der Waals surface area contributed by atoms with E-state index < -0.39 is 0 Å². The third kappa shape index (κ3) is 3.44. The van der Waals surface area contributed by atoms with E-state index in [1.54, 1.807) is 6.20 Å². The Morgan fingerprint density at radius 2 is 2.16 bits per heavy atom. The first-order valence-corrected chi connectivity index (χ1v) is 7.76. The maximum Gasteiger partial charge on any atom is 0.109 e. The molecule has 0 spiro atoms. The van der Waals surface area contributed by atoms with Gasteiger partial charge in [-0.15, -0.1) is 0 Å². The smallest absolute Gasteiger partial charge is 0.109 e. The number of halogens is 1. The molecule has 1 saturated carbocycles. The van der Waals surface area contributed by atoms with Crippen LogP contribution < -0.4 is 0 Å². The van der Waals surface area contributed by atoms with Gasteiger partial charge in [-0.1, -0.05) is 26.3 Å². The van der Waals surface area contributed by atoms with Gasteiger partial charge in [0.15, 0.2) is 0 Å². The predicted octanol–water partition coefficient (Wildman–Crippen LogP) is 4.45. The minimum absolute atomic E-state index is 0.692. The molecule has 3 nitrogen and oxygen atoms in total. The third-order valence-electron chi connectivity index (χ3n) is 3.39. The van der Waals surface area contributed by atoms with E-state index in [0.29, 0.717) is 5.92 Å². The van der Waals surface area contributed by atoms with Crippen LogP contribution in [0.1, 0.15) is 56.0 Å². The van der Waals surface area contributed by atoms with E-state index in [0.717, 1.165) is 11.0 Å². The fourth-order valence-electron chi connectivity index (χ4n) is 2.14. The van der Waals surface area contributed by atoms with Crippen molar-refractivity contribution in [1.29, 1.82) is 0 Å². The molecular weight excluding hydrogens is 302 g/mol. The summed E-state index contributed by atoms with van der Waals surface area (Å²) in [5.41, 5.74) is 3.59. The van der Waals surface area contributed by atoms with Crippen LogP contribution in [-0.2, 0) is 6.42 Å². The van der Waals surface area contributed by atoms with Crippen LogP contribution in [0.5, 0.6) is 0 Å². The zero-order valence-electron chi connectivity index (χ0n) is 11.5. The molecular formula is C15H20BrN3. The number of pyridine rings is 1. The monoisotopic (exact) mass is 321 g/mol. The molecule has 0 bridgehead atoms. The lowest BCUT2D eigenvalue weighted by Crippen LogP contribution is -2.08. The number of H-pyrrole nitrogens is 1. The molecule has 1 fully saturated rings. The highest BCUT2D eigenvalue weighted by Crippen LogP contribution is 2.35.